The second-order valence-corrected chi connectivity index (χ2v) is 9.50. The first-order valence-electron chi connectivity index (χ1n) is 10.4. The summed E-state index contributed by atoms with van der Waals surface area (Å²) in [7, 11) is -3.66. The number of nitrogens with zero attached hydrogens (tertiary/aromatic N) is 1. The molecule has 7 nitrogen and oxygen atoms in total. The monoisotopic (exact) mass is 502 g/mol. The number of rotatable bonds is 7. The third kappa shape index (κ3) is 8.82. The summed E-state index contributed by atoms with van der Waals surface area (Å²) in [6.45, 7) is 3.53. The number of alkyl halides is 2. The molecule has 0 aliphatic carbocycles. The van der Waals surface area contributed by atoms with Crippen molar-refractivity contribution in [3.8, 4) is 0 Å². The number of halogens is 2. The molecule has 0 aromatic heterocycles. The van der Waals surface area contributed by atoms with E-state index in [0.717, 1.165) is 23.3 Å². The molecule has 3 rings (SSSR count). The Bertz CT molecular complexity index is 1300. The number of carbonyl (C=O) groups excluding carboxylic acids is 2. The zero-order chi connectivity index (χ0) is 26.1. The van der Waals surface area contributed by atoms with Gasteiger partial charge in [-0.15, -0.1) is 4.91 Å². The lowest BCUT2D eigenvalue weighted by Gasteiger charge is -2.11. The molecule has 184 valence electrons. The average Bonchev–Trinajstić information content (AvgIpc) is 2.78. The molecule has 3 aromatic rings. The van der Waals surface area contributed by atoms with E-state index in [2.05, 4.69) is 4.72 Å². The summed E-state index contributed by atoms with van der Waals surface area (Å²) in [5.41, 5.74) is 2.55. The van der Waals surface area contributed by atoms with Gasteiger partial charge in [0.2, 0.25) is 15.9 Å². The van der Waals surface area contributed by atoms with Crippen molar-refractivity contribution < 1.29 is 26.8 Å². The fourth-order valence-electron chi connectivity index (χ4n) is 3.07. The van der Waals surface area contributed by atoms with Gasteiger partial charge in [0.1, 0.15) is 0 Å². The van der Waals surface area contributed by atoms with E-state index >= 15 is 0 Å². The zero-order valence-electron chi connectivity index (χ0n) is 19.1. The van der Waals surface area contributed by atoms with Gasteiger partial charge >= 0.3 is 11.8 Å². The minimum absolute atomic E-state index is 0.0513. The standard InChI is InChI=1S/C16H17NO3S.C9H7F2NO2/c1-13-6-5-9-15(10-13)11-16(18)17-21(19,20)12-14-7-3-2-4-8-14;1-6-3-2-4-7(5-6)9(10,11)8(13)12-14/h2-10H,11-12H2,1H3,(H,17,18);2-5H,1H3. The van der Waals surface area contributed by atoms with Crippen LogP contribution < -0.4 is 4.72 Å². The molecule has 0 saturated carbocycles. The van der Waals surface area contributed by atoms with E-state index in [1.165, 1.54) is 6.07 Å². The second-order valence-electron chi connectivity index (χ2n) is 7.78. The molecule has 1 N–H and O–H groups in total. The second kappa shape index (κ2) is 12.1. The predicted octanol–water partition coefficient (Wildman–Crippen LogP) is 4.56. The van der Waals surface area contributed by atoms with Gasteiger partial charge in [-0.1, -0.05) is 83.9 Å². The van der Waals surface area contributed by atoms with Gasteiger partial charge in [-0.25, -0.2) is 8.42 Å². The Morgan fingerprint density at radius 3 is 2.00 bits per heavy atom. The Morgan fingerprint density at radius 1 is 0.857 bits per heavy atom. The third-order valence-corrected chi connectivity index (χ3v) is 5.90. The van der Waals surface area contributed by atoms with E-state index in [1.54, 1.807) is 48.5 Å². The summed E-state index contributed by atoms with van der Waals surface area (Å²) in [6.07, 6.45) is 0.0513. The number of sulfonamides is 1. The molecule has 0 heterocycles. The average molecular weight is 503 g/mol. The normalized spacial score (nSPS) is 11.1. The predicted molar refractivity (Wildman–Crippen MR) is 128 cm³/mol. The Kier molecular flexibility index (Phi) is 9.47. The van der Waals surface area contributed by atoms with Crippen molar-refractivity contribution in [3.05, 3.63) is 112 Å². The van der Waals surface area contributed by atoms with Crippen LogP contribution in [0.1, 0.15) is 27.8 Å². The minimum Gasteiger partial charge on any atom is -0.274 e. The molecular weight excluding hydrogens is 478 g/mol. The van der Waals surface area contributed by atoms with Gasteiger partial charge in [0.25, 0.3) is 0 Å². The van der Waals surface area contributed by atoms with E-state index in [1.807, 2.05) is 31.2 Å². The number of hydrogen-bond donors (Lipinski definition) is 1. The van der Waals surface area contributed by atoms with Crippen LogP contribution in [0.15, 0.2) is 84.0 Å². The molecule has 0 atom stereocenters. The molecule has 0 unspecified atom stereocenters. The first kappa shape index (κ1) is 27.5. The van der Waals surface area contributed by atoms with Crippen LogP contribution in [0.3, 0.4) is 0 Å². The molecule has 0 spiro atoms. The number of nitrogens with one attached hydrogen (secondary N) is 1. The first-order valence-corrected chi connectivity index (χ1v) is 12.0. The molecule has 0 radical (unpaired) electrons. The van der Waals surface area contributed by atoms with Gasteiger partial charge in [-0.2, -0.15) is 8.78 Å². The van der Waals surface area contributed by atoms with Gasteiger partial charge in [0, 0.05) is 10.7 Å². The van der Waals surface area contributed by atoms with Crippen molar-refractivity contribution in [1.29, 1.82) is 0 Å². The maximum atomic E-state index is 13.1. The highest BCUT2D eigenvalue weighted by atomic mass is 32.2. The van der Waals surface area contributed by atoms with Gasteiger partial charge in [-0.05, 0) is 31.0 Å². The van der Waals surface area contributed by atoms with Crippen LogP contribution in [-0.2, 0) is 37.7 Å². The number of hydrogen-bond acceptors (Lipinski definition) is 5. The summed E-state index contributed by atoms with van der Waals surface area (Å²) < 4.78 is 52.2. The Balaban J connectivity index is 0.000000269. The van der Waals surface area contributed by atoms with E-state index in [0.29, 0.717) is 11.1 Å². The summed E-state index contributed by atoms with van der Waals surface area (Å²) in [5, 5.41) is 1.73. The highest BCUT2D eigenvalue weighted by Crippen LogP contribution is 2.29. The minimum atomic E-state index is -3.83. The van der Waals surface area contributed by atoms with Gasteiger partial charge in [-0.3, -0.25) is 14.3 Å². The van der Waals surface area contributed by atoms with Gasteiger partial charge in [0.05, 0.1) is 12.2 Å². The summed E-state index contributed by atoms with van der Waals surface area (Å²) in [6, 6.07) is 21.4. The largest absolute Gasteiger partial charge is 0.360 e. The smallest absolute Gasteiger partial charge is 0.274 e. The fourth-order valence-corrected chi connectivity index (χ4v) is 4.19. The molecular formula is C25H24F2N2O5S. The van der Waals surface area contributed by atoms with Crippen molar-refractivity contribution in [2.24, 2.45) is 5.18 Å². The van der Waals surface area contributed by atoms with E-state index in [9.17, 15) is 31.7 Å². The third-order valence-electron chi connectivity index (χ3n) is 4.65. The van der Waals surface area contributed by atoms with Crippen LogP contribution in [0, 0.1) is 18.8 Å². The number of carbonyl (C=O) groups is 2. The summed E-state index contributed by atoms with van der Waals surface area (Å²) in [4.78, 5) is 32.1. The molecule has 2 amide bonds. The lowest BCUT2D eigenvalue weighted by atomic mass is 10.1. The number of amides is 2. The van der Waals surface area contributed by atoms with E-state index < -0.39 is 33.3 Å². The van der Waals surface area contributed by atoms with Crippen LogP contribution in [0.4, 0.5) is 8.78 Å². The van der Waals surface area contributed by atoms with Crippen LogP contribution in [0.25, 0.3) is 0 Å². The van der Waals surface area contributed by atoms with Crippen molar-refractivity contribution in [2.75, 3.05) is 0 Å². The Morgan fingerprint density at radius 2 is 1.43 bits per heavy atom. The first-order chi connectivity index (χ1) is 16.4. The number of nitroso groups, excluding NO2 is 1. The van der Waals surface area contributed by atoms with E-state index in [-0.39, 0.29) is 12.2 Å². The van der Waals surface area contributed by atoms with Gasteiger partial charge in [0.15, 0.2) is 0 Å². The van der Waals surface area contributed by atoms with Crippen LogP contribution in [0.2, 0.25) is 0 Å². The van der Waals surface area contributed by atoms with E-state index in [4.69, 9.17) is 0 Å². The summed E-state index contributed by atoms with van der Waals surface area (Å²) >= 11 is 0. The molecule has 0 bridgehead atoms. The Labute approximate surface area is 202 Å². The highest BCUT2D eigenvalue weighted by Gasteiger charge is 2.42. The van der Waals surface area contributed by atoms with Crippen molar-refractivity contribution >= 4 is 21.8 Å². The van der Waals surface area contributed by atoms with Gasteiger partial charge < -0.3 is 0 Å². The topological polar surface area (TPSA) is 110 Å². The molecule has 0 aliphatic heterocycles. The van der Waals surface area contributed by atoms with Crippen molar-refractivity contribution in [3.63, 3.8) is 0 Å². The lowest BCUT2D eigenvalue weighted by molar-refractivity contribution is -0.143. The maximum absolute atomic E-state index is 13.1. The van der Waals surface area contributed by atoms with Crippen LogP contribution in [-0.4, -0.2) is 20.2 Å². The Hall–Kier alpha value is -3.79. The maximum Gasteiger partial charge on any atom is 0.360 e. The summed E-state index contributed by atoms with van der Waals surface area (Å²) in [5.74, 6) is -6.51. The number of benzene rings is 3. The zero-order valence-corrected chi connectivity index (χ0v) is 19.9. The van der Waals surface area contributed by atoms with Crippen molar-refractivity contribution in [1.82, 2.24) is 4.72 Å². The quantitative estimate of drug-likeness (QED) is 0.476. The molecule has 0 saturated heterocycles. The molecule has 0 fully saturated rings. The molecule has 3 aromatic carbocycles. The molecule has 35 heavy (non-hydrogen) atoms. The fraction of sp³-hybridized carbons (Fsp3) is 0.200. The number of aryl methyl sites for hydroxylation is 2. The van der Waals surface area contributed by atoms with Crippen LogP contribution >= 0.6 is 0 Å². The van der Waals surface area contributed by atoms with Crippen LogP contribution in [0.5, 0.6) is 0 Å². The lowest BCUT2D eigenvalue weighted by Crippen LogP contribution is -2.32. The highest BCUT2D eigenvalue weighted by molar-refractivity contribution is 7.89. The van der Waals surface area contributed by atoms with Crippen molar-refractivity contribution in [2.45, 2.75) is 31.9 Å². The molecule has 0 aliphatic rings. The molecule has 10 heteroatoms. The SMILES string of the molecule is Cc1cccc(C(F)(F)C(=O)N=O)c1.Cc1cccc(CC(=O)NS(=O)(=O)Cc2ccccc2)c1.